The van der Waals surface area contributed by atoms with Gasteiger partial charge in [0.25, 0.3) is 0 Å². The van der Waals surface area contributed by atoms with Gasteiger partial charge in [-0.25, -0.2) is 8.93 Å². The SMILES string of the molecule is COc1cc([C@@H]2c3cc4c(cc3C(NS(=O)CCNCCCCNCCCCNCCCCN)C3COC(=O)[C@@H]32)OCO4)cc(OC)c1O. The van der Waals surface area contributed by atoms with E-state index in [1.54, 1.807) is 12.1 Å². The molecule has 0 spiro atoms. The first-order valence-corrected chi connectivity index (χ1v) is 18.8. The maximum absolute atomic E-state index is 13.4. The van der Waals surface area contributed by atoms with E-state index in [0.717, 1.165) is 81.6 Å². The summed E-state index contributed by atoms with van der Waals surface area (Å²) in [7, 11) is 1.56. The molecule has 2 heterocycles. The van der Waals surface area contributed by atoms with Crippen molar-refractivity contribution in [2.24, 2.45) is 17.6 Å². The average Bonchev–Trinajstić information content (AvgIpc) is 3.73. The van der Waals surface area contributed by atoms with E-state index in [9.17, 15) is 14.1 Å². The van der Waals surface area contributed by atoms with Gasteiger partial charge in [0, 0.05) is 18.4 Å². The maximum Gasteiger partial charge on any atom is 0.310 e. The summed E-state index contributed by atoms with van der Waals surface area (Å²) in [5.74, 6) is 0.288. The molecule has 0 saturated carbocycles. The van der Waals surface area contributed by atoms with Gasteiger partial charge in [-0.2, -0.15) is 0 Å². The number of hydrogen-bond acceptors (Lipinski definition) is 12. The lowest BCUT2D eigenvalue weighted by atomic mass is 9.65. The predicted octanol–water partition coefficient (Wildman–Crippen LogP) is 2.44. The Hall–Kier alpha value is -3.14. The normalized spacial score (nSPS) is 21.2. The number of cyclic esters (lactones) is 1. The molecule has 2 aromatic carbocycles. The number of carbonyl (C=O) groups is 1. The zero-order valence-corrected chi connectivity index (χ0v) is 29.5. The van der Waals surface area contributed by atoms with Crippen LogP contribution in [0.2, 0.25) is 0 Å². The van der Waals surface area contributed by atoms with Gasteiger partial charge < -0.3 is 50.5 Å². The number of unbranched alkanes of at least 4 members (excludes halogenated alkanes) is 3. The molecule has 1 saturated heterocycles. The van der Waals surface area contributed by atoms with Gasteiger partial charge in [-0.15, -0.1) is 0 Å². The Bertz CT molecular complexity index is 1390. The van der Waals surface area contributed by atoms with Crippen LogP contribution in [0.25, 0.3) is 0 Å². The summed E-state index contributed by atoms with van der Waals surface area (Å²) < 4.78 is 44.7. The molecule has 1 fully saturated rings. The van der Waals surface area contributed by atoms with E-state index < -0.39 is 28.9 Å². The van der Waals surface area contributed by atoms with Gasteiger partial charge in [-0.05, 0) is 119 Å². The zero-order valence-electron chi connectivity index (χ0n) is 28.7. The Labute approximate surface area is 291 Å². The number of fused-ring (bicyclic) bond motifs is 3. The number of esters is 1. The summed E-state index contributed by atoms with van der Waals surface area (Å²) in [6.07, 6.45) is 6.69. The van der Waals surface area contributed by atoms with Gasteiger partial charge in [0.15, 0.2) is 23.0 Å². The lowest BCUT2D eigenvalue weighted by Crippen LogP contribution is -2.42. The minimum Gasteiger partial charge on any atom is -0.502 e. The largest absolute Gasteiger partial charge is 0.502 e. The molecule has 14 heteroatoms. The van der Waals surface area contributed by atoms with Gasteiger partial charge in [0.05, 0.1) is 49.5 Å². The number of nitrogens with two attached hydrogens (primary N) is 1. The Morgan fingerprint density at radius 3 is 1.94 bits per heavy atom. The van der Waals surface area contributed by atoms with Crippen molar-refractivity contribution in [3.63, 3.8) is 0 Å². The Kier molecular flexibility index (Phi) is 14.2. The maximum atomic E-state index is 13.4. The van der Waals surface area contributed by atoms with Gasteiger partial charge in [-0.1, -0.05) is 0 Å². The molecule has 13 nitrogen and oxygen atoms in total. The van der Waals surface area contributed by atoms with Gasteiger partial charge in [-0.3, -0.25) is 4.79 Å². The van der Waals surface area contributed by atoms with E-state index >= 15 is 0 Å². The molecule has 2 aromatic rings. The van der Waals surface area contributed by atoms with Crippen LogP contribution in [0.3, 0.4) is 0 Å². The molecule has 3 aliphatic rings. The second kappa shape index (κ2) is 18.7. The summed E-state index contributed by atoms with van der Waals surface area (Å²) in [6, 6.07) is 6.84. The number of nitrogens with one attached hydrogen (secondary N) is 4. The molecule has 0 amide bonds. The minimum absolute atomic E-state index is 0.0956. The summed E-state index contributed by atoms with van der Waals surface area (Å²) in [6.45, 7) is 6.64. The summed E-state index contributed by atoms with van der Waals surface area (Å²) in [5.41, 5.74) is 7.94. The number of rotatable bonds is 22. The monoisotopic (exact) mass is 703 g/mol. The summed E-state index contributed by atoms with van der Waals surface area (Å²) in [5, 5.41) is 21.0. The predicted molar refractivity (Wildman–Crippen MR) is 188 cm³/mol. The van der Waals surface area contributed by atoms with Gasteiger partial charge >= 0.3 is 5.97 Å². The number of methoxy groups -OCH3 is 2. The third kappa shape index (κ3) is 9.35. The van der Waals surface area contributed by atoms with Crippen LogP contribution in [0.4, 0.5) is 0 Å². The van der Waals surface area contributed by atoms with Crippen LogP contribution in [-0.4, -0.2) is 94.5 Å². The average molecular weight is 704 g/mol. The lowest BCUT2D eigenvalue weighted by Gasteiger charge is -2.39. The number of phenols is 1. The van der Waals surface area contributed by atoms with Crippen LogP contribution in [-0.2, 0) is 20.5 Å². The minimum atomic E-state index is -1.38. The van der Waals surface area contributed by atoms with Crippen molar-refractivity contribution < 1.29 is 37.8 Å². The number of ether oxygens (including phenoxy) is 5. The molecule has 7 N–H and O–H groups in total. The number of phenolic OH excluding ortho intramolecular Hbond substituents is 1. The first-order chi connectivity index (χ1) is 24.0. The number of aromatic hydroxyl groups is 1. The Balaban J connectivity index is 1.14. The molecule has 0 bridgehead atoms. The van der Waals surface area contributed by atoms with Crippen LogP contribution >= 0.6 is 0 Å². The molecule has 49 heavy (non-hydrogen) atoms. The van der Waals surface area contributed by atoms with E-state index in [1.165, 1.54) is 27.1 Å². The van der Waals surface area contributed by atoms with Crippen LogP contribution < -0.4 is 45.4 Å². The molecular weight excluding hydrogens is 650 g/mol. The van der Waals surface area contributed by atoms with Crippen LogP contribution in [0.5, 0.6) is 28.7 Å². The highest BCUT2D eigenvalue weighted by atomic mass is 32.2. The topological polar surface area (TPSA) is 175 Å². The molecule has 5 atom stereocenters. The van der Waals surface area contributed by atoms with Gasteiger partial charge in [0.2, 0.25) is 12.5 Å². The van der Waals surface area contributed by atoms with Crippen molar-refractivity contribution in [3.05, 3.63) is 41.0 Å². The van der Waals surface area contributed by atoms with Crippen molar-refractivity contribution in [3.8, 4) is 28.7 Å². The molecule has 272 valence electrons. The van der Waals surface area contributed by atoms with Crippen molar-refractivity contribution >= 4 is 17.0 Å². The molecule has 5 rings (SSSR count). The molecule has 3 unspecified atom stereocenters. The quantitative estimate of drug-likeness (QED) is 0.0782. The van der Waals surface area contributed by atoms with E-state index in [0.29, 0.717) is 23.8 Å². The first kappa shape index (κ1) is 37.1. The smallest absolute Gasteiger partial charge is 0.310 e. The van der Waals surface area contributed by atoms with Crippen LogP contribution in [0.1, 0.15) is 67.2 Å². The molecular formula is C35H53N5O8S. The number of benzene rings is 2. The van der Waals surface area contributed by atoms with Crippen molar-refractivity contribution in [1.29, 1.82) is 0 Å². The Morgan fingerprint density at radius 2 is 1.37 bits per heavy atom. The summed E-state index contributed by atoms with van der Waals surface area (Å²) in [4.78, 5) is 13.4. The fourth-order valence-electron chi connectivity index (χ4n) is 6.94. The van der Waals surface area contributed by atoms with E-state index in [-0.39, 0.29) is 42.5 Å². The Morgan fingerprint density at radius 1 is 0.816 bits per heavy atom. The fraction of sp³-hybridized carbons (Fsp3) is 0.629. The van der Waals surface area contributed by atoms with E-state index in [4.69, 9.17) is 29.4 Å². The van der Waals surface area contributed by atoms with E-state index in [1.807, 2.05) is 12.1 Å². The third-order valence-electron chi connectivity index (χ3n) is 9.49. The molecule has 0 radical (unpaired) electrons. The second-order valence-electron chi connectivity index (χ2n) is 12.7. The van der Waals surface area contributed by atoms with Crippen LogP contribution in [0, 0.1) is 11.8 Å². The highest BCUT2D eigenvalue weighted by molar-refractivity contribution is 7.83. The van der Waals surface area contributed by atoms with Crippen molar-refractivity contribution in [2.45, 2.75) is 50.5 Å². The third-order valence-corrected chi connectivity index (χ3v) is 10.6. The van der Waals surface area contributed by atoms with Gasteiger partial charge in [0.1, 0.15) is 0 Å². The van der Waals surface area contributed by atoms with Crippen molar-refractivity contribution in [1.82, 2.24) is 20.7 Å². The highest BCUT2D eigenvalue weighted by Gasteiger charge is 2.53. The number of hydrogen-bond donors (Lipinski definition) is 6. The molecule has 0 aromatic heterocycles. The van der Waals surface area contributed by atoms with E-state index in [2.05, 4.69) is 20.7 Å². The highest BCUT2D eigenvalue weighted by Crippen LogP contribution is 2.55. The zero-order chi connectivity index (χ0) is 34.6. The van der Waals surface area contributed by atoms with Crippen molar-refractivity contribution in [2.75, 3.05) is 79.2 Å². The second-order valence-corrected chi connectivity index (χ2v) is 14.0. The lowest BCUT2D eigenvalue weighted by molar-refractivity contribution is -0.141. The molecule has 2 aliphatic heterocycles. The molecule has 1 aliphatic carbocycles. The fourth-order valence-corrected chi connectivity index (χ4v) is 7.97. The number of carbonyl (C=O) groups excluding carboxylic acids is 1. The standard InChI is InChI=1S/C35H53N5O8S/c1-44-29-17-23(18-30(45-2)34(29)41)31-24-19-27-28(48-22-47-27)20-25(24)33(26-21-46-35(42)32(26)31)40-49(43)16-15-39-14-8-7-13-38-12-6-5-11-37-10-4-3-9-36/h17-20,26,31-33,37-41H,3-16,21-22,36H2,1-2H3/t26?,31-,32+,33?,49?/m1/s1. The first-order valence-electron chi connectivity index (χ1n) is 17.5. The van der Waals surface area contributed by atoms with Crippen LogP contribution in [0.15, 0.2) is 24.3 Å². The summed E-state index contributed by atoms with van der Waals surface area (Å²) >= 11 is 0.